The van der Waals surface area contributed by atoms with Crippen LogP contribution in [0.5, 0.6) is 0 Å². The minimum absolute atomic E-state index is 0. The first-order valence-electron chi connectivity index (χ1n) is 10.6. The lowest BCUT2D eigenvalue weighted by Gasteiger charge is -2.36. The van der Waals surface area contributed by atoms with Crippen LogP contribution in [0.2, 0.25) is 0 Å². The van der Waals surface area contributed by atoms with Gasteiger partial charge in [-0.15, -0.1) is 0 Å². The van der Waals surface area contributed by atoms with Crippen molar-refractivity contribution in [3.05, 3.63) is 59.5 Å². The summed E-state index contributed by atoms with van der Waals surface area (Å²) in [4.78, 5) is 25.1. The highest BCUT2D eigenvalue weighted by atomic mass is 32.1. The van der Waals surface area contributed by atoms with Crippen LogP contribution in [-0.2, 0) is 24.1 Å². The molecule has 1 fully saturated rings. The van der Waals surface area contributed by atoms with Gasteiger partial charge in [0.2, 0.25) is 11.9 Å². The first-order valence-corrected chi connectivity index (χ1v) is 10.6. The van der Waals surface area contributed by atoms with Crippen molar-refractivity contribution in [1.82, 2.24) is 19.7 Å². The fourth-order valence-electron chi connectivity index (χ4n) is 4.32. The molecule has 180 valence electrons. The average Bonchev–Trinajstić information content (AvgIpc) is 3.45. The second kappa shape index (κ2) is 9.16. The normalized spacial score (nSPS) is 17.3. The average molecular weight is 492 g/mol. The van der Waals surface area contributed by atoms with Gasteiger partial charge in [-0.3, -0.25) is 9.48 Å². The van der Waals surface area contributed by atoms with Crippen molar-refractivity contribution in [3.63, 3.8) is 0 Å². The number of carbonyl (C=O) groups is 1. The molecule has 1 amide bonds. The molecular formula is C22H24F3N7OS. The zero-order chi connectivity index (χ0) is 23.2. The Morgan fingerprint density at radius 3 is 2.82 bits per heavy atom. The molecule has 4 heterocycles. The number of anilines is 3. The molecule has 1 atom stereocenters. The van der Waals surface area contributed by atoms with Crippen LogP contribution in [0.4, 0.5) is 30.6 Å². The second-order valence-electron chi connectivity index (χ2n) is 8.25. The van der Waals surface area contributed by atoms with Crippen LogP contribution in [0.1, 0.15) is 29.5 Å². The van der Waals surface area contributed by atoms with E-state index in [1.807, 2.05) is 4.90 Å². The number of benzene rings is 1. The van der Waals surface area contributed by atoms with E-state index in [1.165, 1.54) is 6.07 Å². The number of nitrogens with one attached hydrogen (secondary N) is 1. The van der Waals surface area contributed by atoms with Crippen molar-refractivity contribution in [2.45, 2.75) is 38.1 Å². The van der Waals surface area contributed by atoms with Gasteiger partial charge in [0.1, 0.15) is 11.7 Å². The number of fused-ring (bicyclic) bond motifs is 3. The minimum atomic E-state index is -4.37. The molecule has 0 saturated carbocycles. The number of likely N-dealkylation sites (N-methyl/N-ethyl adjacent to an activating group) is 1. The highest BCUT2D eigenvalue weighted by molar-refractivity contribution is 7.59. The minimum Gasteiger partial charge on any atom is -0.350 e. The first kappa shape index (κ1) is 23.9. The van der Waals surface area contributed by atoms with E-state index in [-0.39, 0.29) is 32.0 Å². The van der Waals surface area contributed by atoms with Crippen LogP contribution in [0.15, 0.2) is 42.9 Å². The quantitative estimate of drug-likeness (QED) is 0.590. The molecule has 2 aliphatic heterocycles. The van der Waals surface area contributed by atoms with Crippen molar-refractivity contribution in [1.29, 1.82) is 0 Å². The summed E-state index contributed by atoms with van der Waals surface area (Å²) in [5.41, 5.74) is 1.38. The van der Waals surface area contributed by atoms with Crippen LogP contribution in [0, 0.1) is 0 Å². The number of rotatable bonds is 5. The molecule has 2 aromatic heterocycles. The topological polar surface area (TPSA) is 79.2 Å². The molecule has 0 radical (unpaired) electrons. The third-order valence-corrected chi connectivity index (χ3v) is 5.99. The number of carbonyl (C=O) groups excluding carboxylic acids is 1. The van der Waals surface area contributed by atoms with Gasteiger partial charge in [-0.25, -0.2) is 4.98 Å². The molecule has 1 aromatic carbocycles. The molecule has 8 nitrogen and oxygen atoms in total. The second-order valence-corrected chi connectivity index (χ2v) is 8.25. The maximum Gasteiger partial charge on any atom is 0.416 e. The van der Waals surface area contributed by atoms with E-state index in [0.29, 0.717) is 23.7 Å². The lowest BCUT2D eigenvalue weighted by Crippen LogP contribution is -2.49. The predicted octanol–water partition coefficient (Wildman–Crippen LogP) is 3.41. The number of nitrogens with zero attached hydrogens (tertiary/aromatic N) is 6. The summed E-state index contributed by atoms with van der Waals surface area (Å²) in [6.45, 7) is 1.42. The number of hydrogen-bond acceptors (Lipinski definition) is 6. The number of amides is 1. The molecule has 3 aromatic rings. The maximum atomic E-state index is 12.9. The van der Waals surface area contributed by atoms with Gasteiger partial charge in [-0.1, -0.05) is 12.1 Å². The summed E-state index contributed by atoms with van der Waals surface area (Å²) >= 11 is 0. The van der Waals surface area contributed by atoms with Gasteiger partial charge in [0.15, 0.2) is 5.82 Å². The molecular weight excluding hydrogens is 467 g/mol. The summed E-state index contributed by atoms with van der Waals surface area (Å²) in [5.74, 6) is 1.25. The Morgan fingerprint density at radius 2 is 2.03 bits per heavy atom. The zero-order valence-corrected chi connectivity index (χ0v) is 19.4. The van der Waals surface area contributed by atoms with E-state index in [1.54, 1.807) is 41.3 Å². The summed E-state index contributed by atoms with van der Waals surface area (Å²) in [6, 6.07) is 5.06. The summed E-state index contributed by atoms with van der Waals surface area (Å²) < 4.78 is 40.4. The summed E-state index contributed by atoms with van der Waals surface area (Å²) in [6.07, 6.45) is 2.47. The van der Waals surface area contributed by atoms with E-state index in [2.05, 4.69) is 20.4 Å². The van der Waals surface area contributed by atoms with Crippen molar-refractivity contribution in [2.24, 2.45) is 0 Å². The van der Waals surface area contributed by atoms with E-state index in [9.17, 15) is 18.0 Å². The van der Waals surface area contributed by atoms with Crippen LogP contribution in [-0.4, -0.2) is 45.3 Å². The van der Waals surface area contributed by atoms with Crippen molar-refractivity contribution >= 4 is 36.9 Å². The van der Waals surface area contributed by atoms with Gasteiger partial charge >= 0.3 is 6.18 Å². The summed E-state index contributed by atoms with van der Waals surface area (Å²) in [7, 11) is 1.74. The maximum absolute atomic E-state index is 12.9. The third-order valence-electron chi connectivity index (χ3n) is 5.99. The Kier molecular flexibility index (Phi) is 6.43. The molecule has 1 N–H and O–H groups in total. The van der Waals surface area contributed by atoms with Crippen LogP contribution in [0.3, 0.4) is 0 Å². The molecule has 12 heteroatoms. The van der Waals surface area contributed by atoms with Crippen molar-refractivity contribution in [3.8, 4) is 0 Å². The Morgan fingerprint density at radius 1 is 1.21 bits per heavy atom. The van der Waals surface area contributed by atoms with E-state index in [0.717, 1.165) is 42.9 Å². The molecule has 5 rings (SSSR count). The molecule has 0 spiro atoms. The smallest absolute Gasteiger partial charge is 0.350 e. The van der Waals surface area contributed by atoms with Gasteiger partial charge in [-0.05, 0) is 30.5 Å². The van der Waals surface area contributed by atoms with E-state index in [4.69, 9.17) is 0 Å². The lowest BCUT2D eigenvalue weighted by atomic mass is 10.1. The van der Waals surface area contributed by atoms with E-state index >= 15 is 0 Å². The fourth-order valence-corrected chi connectivity index (χ4v) is 4.32. The molecule has 0 unspecified atom stereocenters. The number of hydrogen-bond donors (Lipinski definition) is 1. The monoisotopic (exact) mass is 491 g/mol. The molecule has 2 aliphatic rings. The van der Waals surface area contributed by atoms with Crippen LogP contribution < -0.4 is 15.1 Å². The predicted molar refractivity (Wildman–Crippen MR) is 126 cm³/mol. The Bertz CT molecular complexity index is 1200. The Balaban J connectivity index is 0.00000274. The number of aromatic nitrogens is 4. The fraction of sp³-hybridized carbons (Fsp3) is 0.364. The third kappa shape index (κ3) is 4.54. The SMILES string of the molecule is CN1C(=O)[C@@H]2CCCN2c2nc(NCc3cnn(Cc4cccc(C(F)(F)F)c4)c3)ncc21.S. The van der Waals surface area contributed by atoms with Gasteiger partial charge in [0.25, 0.3) is 0 Å². The number of halogens is 3. The Labute approximate surface area is 201 Å². The van der Waals surface area contributed by atoms with Crippen LogP contribution in [0.25, 0.3) is 0 Å². The number of alkyl halides is 3. The standard InChI is InChI=1S/C22H22F3N7O.H2S/c1-30-18-11-27-21(29-19(18)32-7-3-6-17(32)20(30)33)26-9-15-10-28-31(13-15)12-14-4-2-5-16(8-14)22(23,24)25;/h2,4-5,8,10-11,13,17H,3,6-7,9,12H2,1H3,(H,26,27,29);1H2/t17-;/m0./s1. The summed E-state index contributed by atoms with van der Waals surface area (Å²) in [5, 5.41) is 7.42. The largest absolute Gasteiger partial charge is 0.416 e. The molecule has 34 heavy (non-hydrogen) atoms. The van der Waals surface area contributed by atoms with Gasteiger partial charge in [-0.2, -0.15) is 36.7 Å². The highest BCUT2D eigenvalue weighted by Crippen LogP contribution is 2.38. The highest BCUT2D eigenvalue weighted by Gasteiger charge is 2.40. The van der Waals surface area contributed by atoms with Crippen molar-refractivity contribution < 1.29 is 18.0 Å². The lowest BCUT2D eigenvalue weighted by molar-refractivity contribution is -0.137. The first-order chi connectivity index (χ1) is 15.8. The molecule has 0 bridgehead atoms. The van der Waals surface area contributed by atoms with Crippen molar-refractivity contribution in [2.75, 3.05) is 28.7 Å². The zero-order valence-electron chi connectivity index (χ0n) is 18.4. The van der Waals surface area contributed by atoms with Gasteiger partial charge in [0, 0.05) is 31.9 Å². The van der Waals surface area contributed by atoms with E-state index < -0.39 is 11.7 Å². The van der Waals surface area contributed by atoms with Gasteiger partial charge < -0.3 is 15.1 Å². The molecule has 0 aliphatic carbocycles. The van der Waals surface area contributed by atoms with Gasteiger partial charge in [0.05, 0.1) is 24.5 Å². The molecule has 1 saturated heterocycles. The Hall–Kier alpha value is -3.28. The van der Waals surface area contributed by atoms with Crippen LogP contribution >= 0.6 is 13.5 Å².